The summed E-state index contributed by atoms with van der Waals surface area (Å²) in [5.74, 6) is 0. The Balaban J connectivity index is 1.42. The molecule has 0 aliphatic carbocycles. The van der Waals surface area contributed by atoms with Crippen molar-refractivity contribution in [2.75, 3.05) is 4.81 Å². The third kappa shape index (κ3) is 2.86. The highest BCUT2D eigenvalue weighted by molar-refractivity contribution is 7.26. The van der Waals surface area contributed by atoms with E-state index in [1.807, 2.05) is 11.3 Å². The Hall–Kier alpha value is -4.60. The van der Waals surface area contributed by atoms with Crippen LogP contribution in [0.25, 0.3) is 53.6 Å². The monoisotopic (exact) mass is 511 g/mol. The molecule has 9 rings (SSSR count). The molecule has 0 amide bonds. The van der Waals surface area contributed by atoms with Crippen LogP contribution in [0.15, 0.2) is 133 Å². The highest BCUT2D eigenvalue weighted by atomic mass is 32.1. The molecule has 3 heteroatoms. The maximum atomic E-state index is 2.62. The molecule has 180 valence electrons. The van der Waals surface area contributed by atoms with Gasteiger partial charge in [0, 0.05) is 53.8 Å². The van der Waals surface area contributed by atoms with E-state index in [4.69, 9.17) is 0 Å². The van der Waals surface area contributed by atoms with Gasteiger partial charge in [-0.25, -0.2) is 0 Å². The highest BCUT2D eigenvalue weighted by Crippen LogP contribution is 2.51. The average Bonchev–Trinajstić information content (AvgIpc) is 3.39. The zero-order valence-electron chi connectivity index (χ0n) is 21.1. The molecule has 0 unspecified atom stereocenters. The van der Waals surface area contributed by atoms with Crippen molar-refractivity contribution in [3.8, 4) is 33.4 Å². The lowest BCUT2D eigenvalue weighted by Crippen LogP contribution is -2.59. The third-order valence-corrected chi connectivity index (χ3v) is 9.70. The van der Waals surface area contributed by atoms with Gasteiger partial charge in [0.15, 0.2) is 0 Å². The fourth-order valence-electron chi connectivity index (χ4n) is 6.90. The van der Waals surface area contributed by atoms with Crippen LogP contribution in [-0.4, -0.2) is 6.85 Å². The molecule has 0 saturated carbocycles. The van der Waals surface area contributed by atoms with E-state index in [1.165, 1.54) is 75.9 Å². The normalized spacial score (nSPS) is 13.0. The van der Waals surface area contributed by atoms with Crippen LogP contribution in [0.4, 0.5) is 11.4 Å². The largest absolute Gasteiger partial charge is 0.375 e. The van der Waals surface area contributed by atoms with E-state index in [9.17, 15) is 0 Å². The molecular weight excluding hydrogens is 489 g/mol. The number of benzene rings is 6. The van der Waals surface area contributed by atoms with Gasteiger partial charge >= 0.3 is 6.85 Å². The van der Waals surface area contributed by atoms with Crippen LogP contribution < -0.4 is 15.7 Å². The molecule has 0 spiro atoms. The van der Waals surface area contributed by atoms with Gasteiger partial charge in [0.25, 0.3) is 0 Å². The summed E-state index contributed by atoms with van der Waals surface area (Å²) < 4.78 is 2.69. The van der Waals surface area contributed by atoms with Gasteiger partial charge in [-0.3, -0.25) is 0 Å². The Morgan fingerprint density at radius 3 is 1.79 bits per heavy atom. The van der Waals surface area contributed by atoms with Crippen LogP contribution in [-0.2, 0) is 0 Å². The lowest BCUT2D eigenvalue weighted by Gasteiger charge is -2.44. The SMILES string of the molecule is c1ccc2c(c1)B1c3ccccc3-c3cccc(-c4cccc5c4sc4ccccc45)c3N1c1ccccc1-2. The lowest BCUT2D eigenvalue weighted by atomic mass is 9.43. The van der Waals surface area contributed by atoms with E-state index in [-0.39, 0.29) is 6.85 Å². The van der Waals surface area contributed by atoms with Crippen LogP contribution in [0.5, 0.6) is 0 Å². The summed E-state index contributed by atoms with van der Waals surface area (Å²) >= 11 is 1.90. The minimum Gasteiger partial charge on any atom is -0.375 e. The van der Waals surface area contributed by atoms with Gasteiger partial charge in [0.1, 0.15) is 0 Å². The van der Waals surface area contributed by atoms with Crippen molar-refractivity contribution in [3.63, 3.8) is 0 Å². The Kier molecular flexibility index (Phi) is 4.35. The second kappa shape index (κ2) is 7.95. The van der Waals surface area contributed by atoms with Gasteiger partial charge in [0.2, 0.25) is 0 Å². The fourth-order valence-corrected chi connectivity index (χ4v) is 8.13. The summed E-state index contributed by atoms with van der Waals surface area (Å²) in [7, 11) is 0. The van der Waals surface area contributed by atoms with E-state index >= 15 is 0 Å². The van der Waals surface area contributed by atoms with E-state index in [0.29, 0.717) is 0 Å². The predicted octanol–water partition coefficient (Wildman–Crippen LogP) is 8.63. The van der Waals surface area contributed by atoms with Crippen LogP contribution >= 0.6 is 11.3 Å². The lowest BCUT2D eigenvalue weighted by molar-refractivity contribution is 1.35. The number of anilines is 2. The zero-order chi connectivity index (χ0) is 25.5. The maximum absolute atomic E-state index is 2.62. The molecule has 39 heavy (non-hydrogen) atoms. The Morgan fingerprint density at radius 1 is 0.436 bits per heavy atom. The molecule has 3 heterocycles. The van der Waals surface area contributed by atoms with Gasteiger partial charge in [-0.05, 0) is 34.2 Å². The van der Waals surface area contributed by atoms with Crippen LogP contribution in [0.3, 0.4) is 0 Å². The summed E-state index contributed by atoms with van der Waals surface area (Å²) in [6, 6.07) is 49.3. The molecule has 0 bridgehead atoms. The second-order valence-corrected chi connectivity index (χ2v) is 11.5. The quantitative estimate of drug-likeness (QED) is 0.200. The zero-order valence-corrected chi connectivity index (χ0v) is 22.0. The summed E-state index contributed by atoms with van der Waals surface area (Å²) in [4.78, 5) is 2.62. The number of hydrogen-bond donors (Lipinski definition) is 0. The molecule has 6 aromatic carbocycles. The van der Waals surface area contributed by atoms with Crippen LogP contribution in [0.2, 0.25) is 0 Å². The van der Waals surface area contributed by atoms with Crippen molar-refractivity contribution >= 4 is 60.7 Å². The summed E-state index contributed by atoms with van der Waals surface area (Å²) in [6.07, 6.45) is 0. The molecule has 0 radical (unpaired) electrons. The number of hydrogen-bond acceptors (Lipinski definition) is 2. The number of fused-ring (bicyclic) bond motifs is 14. The molecule has 0 atom stereocenters. The minimum atomic E-state index is 0.113. The topological polar surface area (TPSA) is 3.24 Å². The number of nitrogens with zero attached hydrogens (tertiary/aromatic N) is 1. The van der Waals surface area contributed by atoms with Crippen molar-refractivity contribution in [1.82, 2.24) is 0 Å². The highest BCUT2D eigenvalue weighted by Gasteiger charge is 2.42. The average molecular weight is 511 g/mol. The molecule has 7 aromatic rings. The van der Waals surface area contributed by atoms with Gasteiger partial charge in [-0.15, -0.1) is 11.3 Å². The third-order valence-electron chi connectivity index (χ3n) is 8.48. The predicted molar refractivity (Wildman–Crippen MR) is 169 cm³/mol. The summed E-state index contributed by atoms with van der Waals surface area (Å²) in [5, 5.41) is 2.67. The molecule has 2 aliphatic heterocycles. The van der Waals surface area contributed by atoms with Gasteiger partial charge in [-0.2, -0.15) is 0 Å². The molecule has 0 fully saturated rings. The van der Waals surface area contributed by atoms with E-state index in [1.54, 1.807) is 0 Å². The molecule has 2 aliphatic rings. The molecular formula is C36H22BNS. The minimum absolute atomic E-state index is 0.113. The summed E-state index contributed by atoms with van der Waals surface area (Å²) in [6.45, 7) is 0.113. The number of thiophene rings is 1. The Labute approximate surface area is 231 Å². The van der Waals surface area contributed by atoms with E-state index in [0.717, 1.165) is 0 Å². The molecule has 0 saturated heterocycles. The van der Waals surface area contributed by atoms with Crippen molar-refractivity contribution in [3.05, 3.63) is 133 Å². The second-order valence-electron chi connectivity index (χ2n) is 10.4. The number of rotatable bonds is 1. The van der Waals surface area contributed by atoms with Crippen LogP contribution in [0, 0.1) is 0 Å². The van der Waals surface area contributed by atoms with Crippen molar-refractivity contribution < 1.29 is 0 Å². The molecule has 0 N–H and O–H groups in total. The first-order valence-electron chi connectivity index (χ1n) is 13.5. The van der Waals surface area contributed by atoms with Gasteiger partial charge in [0.05, 0.1) is 0 Å². The molecule has 1 nitrogen and oxygen atoms in total. The summed E-state index contributed by atoms with van der Waals surface area (Å²) in [5.41, 5.74) is 13.1. The van der Waals surface area contributed by atoms with Crippen molar-refractivity contribution in [1.29, 1.82) is 0 Å². The Bertz CT molecular complexity index is 2110. The number of para-hydroxylation sites is 2. The first kappa shape index (κ1) is 21.4. The first-order valence-corrected chi connectivity index (χ1v) is 14.3. The smallest absolute Gasteiger partial charge is 0.329 e. The standard InChI is InChI=1S/C36H22BNS/c1-5-19-31-23(11-1)25-13-3-7-21-33(25)38-35-27(24-12-2-6-20-32(24)37(31)38)15-9-16-28(35)30-18-10-17-29-26-14-4-8-22-34(26)39-36(29)30/h1-22H. The fraction of sp³-hybridized carbons (Fsp3) is 0. The van der Waals surface area contributed by atoms with Crippen molar-refractivity contribution in [2.45, 2.75) is 0 Å². The van der Waals surface area contributed by atoms with Crippen LogP contribution in [0.1, 0.15) is 0 Å². The first-order chi connectivity index (χ1) is 19.4. The molecule has 1 aromatic heterocycles. The van der Waals surface area contributed by atoms with Crippen molar-refractivity contribution in [2.24, 2.45) is 0 Å². The Morgan fingerprint density at radius 2 is 0.974 bits per heavy atom. The van der Waals surface area contributed by atoms with E-state index in [2.05, 4.69) is 138 Å². The van der Waals surface area contributed by atoms with Gasteiger partial charge < -0.3 is 4.81 Å². The maximum Gasteiger partial charge on any atom is 0.329 e. The van der Waals surface area contributed by atoms with E-state index < -0.39 is 0 Å². The van der Waals surface area contributed by atoms with Gasteiger partial charge in [-0.1, -0.05) is 121 Å².